The van der Waals surface area contributed by atoms with E-state index in [9.17, 15) is 9.90 Å². The summed E-state index contributed by atoms with van der Waals surface area (Å²) < 4.78 is 19.4. The number of hydrogen-bond donors (Lipinski definition) is 2. The predicted molar refractivity (Wildman–Crippen MR) is 132 cm³/mol. The maximum absolute atomic E-state index is 13.3. The number of unbranched alkanes of at least 4 members (excludes halogenated alkanes) is 1. The Balaban J connectivity index is 1.64. The molecular formula is C25H24Br2O6. The van der Waals surface area contributed by atoms with Gasteiger partial charge < -0.3 is 24.1 Å². The van der Waals surface area contributed by atoms with Crippen molar-refractivity contribution in [1.29, 1.82) is 0 Å². The molecule has 2 aromatic carbocycles. The molecule has 3 atom stereocenters. The van der Waals surface area contributed by atoms with Crippen LogP contribution in [0.3, 0.4) is 0 Å². The number of para-hydroxylation sites is 1. The van der Waals surface area contributed by atoms with Crippen LogP contribution in [0.5, 0.6) is 5.75 Å². The minimum Gasteiger partial charge on any atom is -0.508 e. The molecule has 1 aliphatic heterocycles. The van der Waals surface area contributed by atoms with Crippen LogP contribution in [0.2, 0.25) is 0 Å². The Kier molecular flexibility index (Phi) is 8.03. The maximum atomic E-state index is 13.3. The first-order valence-electron chi connectivity index (χ1n) is 10.7. The van der Waals surface area contributed by atoms with Crippen molar-refractivity contribution in [2.75, 3.05) is 13.2 Å². The van der Waals surface area contributed by atoms with E-state index in [-0.39, 0.29) is 29.3 Å². The number of phenolic OH excluding ortho intramolecular Hbond substituents is 1. The lowest BCUT2D eigenvalue weighted by Crippen LogP contribution is -2.32. The molecule has 2 heterocycles. The van der Waals surface area contributed by atoms with E-state index in [0.29, 0.717) is 40.5 Å². The fraction of sp³-hybridized carbons (Fsp3) is 0.320. The second-order valence-corrected chi connectivity index (χ2v) is 9.67. The van der Waals surface area contributed by atoms with Gasteiger partial charge in [-0.3, -0.25) is 4.79 Å². The third-order valence-electron chi connectivity index (χ3n) is 5.61. The maximum Gasteiger partial charge on any atom is 0.201 e. The average Bonchev–Trinajstić information content (AvgIpc) is 2.80. The zero-order valence-electron chi connectivity index (χ0n) is 17.7. The quantitative estimate of drug-likeness (QED) is 0.258. The molecule has 3 aromatic rings. The molecule has 0 bridgehead atoms. The van der Waals surface area contributed by atoms with Gasteiger partial charge >= 0.3 is 0 Å². The van der Waals surface area contributed by atoms with Gasteiger partial charge in [-0.15, -0.1) is 0 Å². The first-order chi connectivity index (χ1) is 16.0. The summed E-state index contributed by atoms with van der Waals surface area (Å²) in [5, 5.41) is 19.8. The third kappa shape index (κ3) is 5.41. The summed E-state index contributed by atoms with van der Waals surface area (Å²) in [7, 11) is 0. The van der Waals surface area contributed by atoms with Gasteiger partial charge in [-0.1, -0.05) is 46.3 Å². The number of halogens is 2. The molecule has 8 heteroatoms. The molecule has 1 aliphatic rings. The van der Waals surface area contributed by atoms with E-state index >= 15 is 0 Å². The van der Waals surface area contributed by atoms with Gasteiger partial charge in [-0.05, 0) is 53.4 Å². The van der Waals surface area contributed by atoms with Gasteiger partial charge in [0.05, 0.1) is 28.1 Å². The van der Waals surface area contributed by atoms with Gasteiger partial charge in [-0.25, -0.2) is 0 Å². The molecule has 3 unspecified atom stereocenters. The van der Waals surface area contributed by atoms with Crippen LogP contribution in [-0.4, -0.2) is 23.4 Å². The average molecular weight is 580 g/mol. The minimum absolute atomic E-state index is 0.0595. The number of rotatable bonds is 7. The summed E-state index contributed by atoms with van der Waals surface area (Å²) in [6, 6.07) is 10.6. The normalized spacial score (nSPS) is 21.1. The second-order valence-electron chi connectivity index (χ2n) is 7.90. The third-order valence-corrected chi connectivity index (χ3v) is 6.66. The van der Waals surface area contributed by atoms with E-state index in [0.717, 1.165) is 10.9 Å². The first-order valence-corrected chi connectivity index (χ1v) is 12.3. The Hall–Kier alpha value is -1.97. The molecule has 0 aliphatic carbocycles. The van der Waals surface area contributed by atoms with Gasteiger partial charge in [0.1, 0.15) is 12.0 Å². The van der Waals surface area contributed by atoms with Crippen molar-refractivity contribution < 1.29 is 24.1 Å². The molecule has 0 amide bonds. The topological polar surface area (TPSA) is 89.1 Å². The molecule has 174 valence electrons. The van der Waals surface area contributed by atoms with Crippen molar-refractivity contribution in [3.63, 3.8) is 0 Å². The highest BCUT2D eigenvalue weighted by atomic mass is 79.9. The number of hydrogen-bond acceptors (Lipinski definition) is 6. The second kappa shape index (κ2) is 11.0. The molecule has 4 rings (SSSR count). The van der Waals surface area contributed by atoms with Crippen molar-refractivity contribution in [3.8, 4) is 5.75 Å². The molecule has 0 spiro atoms. The number of ether oxygens (including phenoxy) is 2. The number of aromatic hydroxyl groups is 1. The lowest BCUT2D eigenvalue weighted by atomic mass is 9.91. The summed E-state index contributed by atoms with van der Waals surface area (Å²) in [5.74, 6) is 0.0755. The predicted octanol–water partition coefficient (Wildman–Crippen LogP) is 6.15. The lowest BCUT2D eigenvalue weighted by molar-refractivity contribution is -0.244. The van der Waals surface area contributed by atoms with Crippen molar-refractivity contribution in [1.82, 2.24) is 0 Å². The minimum atomic E-state index is -0.928. The highest BCUT2D eigenvalue weighted by molar-refractivity contribution is 9.11. The van der Waals surface area contributed by atoms with Gasteiger partial charge in [0.2, 0.25) is 5.43 Å². The molecule has 1 fully saturated rings. The summed E-state index contributed by atoms with van der Waals surface area (Å²) in [4.78, 5) is 13.3. The van der Waals surface area contributed by atoms with Crippen LogP contribution in [-0.2, 0) is 9.47 Å². The van der Waals surface area contributed by atoms with Crippen molar-refractivity contribution in [3.05, 3.63) is 85.1 Å². The van der Waals surface area contributed by atoms with Crippen LogP contribution >= 0.6 is 31.9 Å². The van der Waals surface area contributed by atoms with Crippen LogP contribution < -0.4 is 5.43 Å². The summed E-state index contributed by atoms with van der Waals surface area (Å²) in [5.41, 5.74) is 1.13. The van der Waals surface area contributed by atoms with Gasteiger partial charge in [0.25, 0.3) is 0 Å². The van der Waals surface area contributed by atoms with Crippen molar-refractivity contribution in [2.45, 2.75) is 31.7 Å². The first kappa shape index (κ1) is 24.2. The number of fused-ring (bicyclic) bond motifs is 1. The van der Waals surface area contributed by atoms with Crippen molar-refractivity contribution in [2.24, 2.45) is 5.92 Å². The fourth-order valence-electron chi connectivity index (χ4n) is 3.93. The van der Waals surface area contributed by atoms with Gasteiger partial charge in [0.15, 0.2) is 11.9 Å². The SMILES string of the molecule is O=c1c(C2OCC(CC=CCCCO)C(c3ccccc3O)O2)coc2c(Br)cc(Br)cc12. The van der Waals surface area contributed by atoms with E-state index in [1.54, 1.807) is 18.2 Å². The van der Waals surface area contributed by atoms with E-state index in [2.05, 4.69) is 31.9 Å². The van der Waals surface area contributed by atoms with E-state index in [1.807, 2.05) is 30.4 Å². The molecule has 1 saturated heterocycles. The molecule has 2 N–H and O–H groups in total. The smallest absolute Gasteiger partial charge is 0.201 e. The Morgan fingerprint density at radius 3 is 2.73 bits per heavy atom. The lowest BCUT2D eigenvalue weighted by Gasteiger charge is -2.36. The van der Waals surface area contributed by atoms with Crippen LogP contribution in [0.1, 0.15) is 42.8 Å². The zero-order chi connectivity index (χ0) is 23.4. The molecule has 1 aromatic heterocycles. The van der Waals surface area contributed by atoms with Crippen LogP contribution in [0, 0.1) is 5.92 Å². The van der Waals surface area contributed by atoms with Gasteiger partial charge in [-0.2, -0.15) is 0 Å². The number of benzene rings is 2. The van der Waals surface area contributed by atoms with E-state index in [1.165, 1.54) is 6.26 Å². The monoisotopic (exact) mass is 578 g/mol. The van der Waals surface area contributed by atoms with Crippen LogP contribution in [0.15, 0.2) is 73.0 Å². The summed E-state index contributed by atoms with van der Waals surface area (Å²) in [6.07, 6.45) is 6.22. The fourth-order valence-corrected chi connectivity index (χ4v) is 5.25. The number of phenols is 1. The molecular weight excluding hydrogens is 556 g/mol. The van der Waals surface area contributed by atoms with E-state index in [4.69, 9.17) is 19.0 Å². The van der Waals surface area contributed by atoms with Gasteiger partial charge in [0, 0.05) is 22.6 Å². The van der Waals surface area contributed by atoms with E-state index < -0.39 is 12.4 Å². The molecule has 0 saturated carbocycles. The number of aliphatic hydroxyl groups is 1. The highest BCUT2D eigenvalue weighted by Gasteiger charge is 2.36. The number of allylic oxidation sites excluding steroid dienone is 2. The molecule has 33 heavy (non-hydrogen) atoms. The Bertz CT molecular complexity index is 1210. The largest absolute Gasteiger partial charge is 0.508 e. The Labute approximate surface area is 208 Å². The Morgan fingerprint density at radius 1 is 1.12 bits per heavy atom. The molecule has 6 nitrogen and oxygen atoms in total. The molecule has 0 radical (unpaired) electrons. The number of aliphatic hydroxyl groups excluding tert-OH is 1. The summed E-state index contributed by atoms with van der Waals surface area (Å²) >= 11 is 6.84. The standard InChI is InChI=1S/C25H24Br2O6/c26-16-11-18-22(30)19(14-31-24(18)20(27)12-16)25-32-13-15(7-3-1-2-6-10-28)23(33-25)17-8-4-5-9-21(17)29/h1,3-5,8-9,11-12,14-15,23,25,28-29H,2,6-7,10,13H2. The zero-order valence-corrected chi connectivity index (χ0v) is 20.9. The van der Waals surface area contributed by atoms with Crippen LogP contribution in [0.25, 0.3) is 11.0 Å². The summed E-state index contributed by atoms with van der Waals surface area (Å²) in [6.45, 7) is 0.497. The highest BCUT2D eigenvalue weighted by Crippen LogP contribution is 2.42. The Morgan fingerprint density at radius 2 is 1.94 bits per heavy atom. The van der Waals surface area contributed by atoms with Crippen molar-refractivity contribution >= 4 is 42.8 Å². The van der Waals surface area contributed by atoms with Crippen LogP contribution in [0.4, 0.5) is 0 Å².